The fourth-order valence-corrected chi connectivity index (χ4v) is 5.00. The van der Waals surface area contributed by atoms with Crippen LogP contribution in [0.1, 0.15) is 51.4 Å². The molecule has 0 aromatic rings. The van der Waals surface area contributed by atoms with Crippen molar-refractivity contribution in [3.05, 3.63) is 0 Å². The van der Waals surface area contributed by atoms with E-state index in [4.69, 9.17) is 0 Å². The molecule has 0 bridgehead atoms. The summed E-state index contributed by atoms with van der Waals surface area (Å²) < 4.78 is 0. The van der Waals surface area contributed by atoms with Crippen molar-refractivity contribution in [3.8, 4) is 0 Å². The molecule has 3 saturated heterocycles. The van der Waals surface area contributed by atoms with Gasteiger partial charge in [0.2, 0.25) is 0 Å². The van der Waals surface area contributed by atoms with E-state index in [1.165, 1.54) is 77.5 Å². The number of hydrogen-bond acceptors (Lipinski definition) is 1. The van der Waals surface area contributed by atoms with E-state index in [1.54, 1.807) is 4.90 Å². The van der Waals surface area contributed by atoms with Gasteiger partial charge in [-0.25, -0.2) is 0 Å². The van der Waals surface area contributed by atoms with Crippen LogP contribution in [0.3, 0.4) is 0 Å². The predicted molar refractivity (Wildman–Crippen MR) is 76.5 cm³/mol. The summed E-state index contributed by atoms with van der Waals surface area (Å²) in [6.07, 6.45) is 11.2. The Morgan fingerprint density at radius 2 is 1.63 bits per heavy atom. The number of nitrogens with one attached hydrogen (secondary N) is 2. The number of fused-ring (bicyclic) bond motifs is 1. The van der Waals surface area contributed by atoms with Gasteiger partial charge in [-0.05, 0) is 38.5 Å². The number of aliphatic hydroxyl groups excluding tert-OH is 1. The Kier molecular flexibility index (Phi) is 4.78. The molecule has 0 amide bonds. The first kappa shape index (κ1) is 13.8. The maximum atomic E-state index is 9.60. The van der Waals surface area contributed by atoms with Crippen LogP contribution in [0.4, 0.5) is 0 Å². The van der Waals surface area contributed by atoms with Crippen LogP contribution in [0.25, 0.3) is 0 Å². The monoisotopic (exact) mass is 268 g/mol. The molecule has 0 aliphatic carbocycles. The smallest absolute Gasteiger partial charge is 0.111 e. The summed E-state index contributed by atoms with van der Waals surface area (Å²) in [7, 11) is 0. The molecular weight excluding hydrogens is 236 g/mol. The lowest BCUT2D eigenvalue weighted by Gasteiger charge is -2.43. The largest absolute Gasteiger partial charge is 0.390 e. The van der Waals surface area contributed by atoms with Crippen LogP contribution in [0.15, 0.2) is 0 Å². The van der Waals surface area contributed by atoms with Gasteiger partial charge in [-0.2, -0.15) is 0 Å². The van der Waals surface area contributed by atoms with Crippen LogP contribution in [0.5, 0.6) is 0 Å². The van der Waals surface area contributed by atoms with E-state index in [9.17, 15) is 5.11 Å². The van der Waals surface area contributed by atoms with Gasteiger partial charge in [-0.15, -0.1) is 0 Å². The number of piperidine rings is 3. The lowest BCUT2D eigenvalue weighted by Crippen LogP contribution is -3.21. The number of likely N-dealkylation sites (tertiary alicyclic amines) is 1. The predicted octanol–water partition coefficient (Wildman–Crippen LogP) is -0.736. The molecule has 2 unspecified atom stereocenters. The molecule has 3 heterocycles. The highest BCUT2D eigenvalue weighted by Gasteiger charge is 2.40. The number of hydrogen-bond donors (Lipinski definition) is 3. The van der Waals surface area contributed by atoms with E-state index in [0.29, 0.717) is 12.6 Å². The van der Waals surface area contributed by atoms with Gasteiger partial charge in [0.05, 0.1) is 44.7 Å². The summed E-state index contributed by atoms with van der Waals surface area (Å²) in [6, 6.07) is 1.50. The summed E-state index contributed by atoms with van der Waals surface area (Å²) in [4.78, 5) is 3.64. The van der Waals surface area contributed by atoms with Crippen LogP contribution in [0.2, 0.25) is 0 Å². The second kappa shape index (κ2) is 6.55. The first-order chi connectivity index (χ1) is 9.38. The van der Waals surface area contributed by atoms with Crippen molar-refractivity contribution >= 4 is 0 Å². The van der Waals surface area contributed by atoms with Crippen LogP contribution < -0.4 is 9.80 Å². The van der Waals surface area contributed by atoms with Gasteiger partial charge >= 0.3 is 0 Å². The minimum absolute atomic E-state index is 0.406. The summed E-state index contributed by atoms with van der Waals surface area (Å²) in [5, 5.41) is 9.60. The number of quaternary nitrogens is 2. The molecule has 5 atom stereocenters. The fraction of sp³-hybridized carbons (Fsp3) is 1.00. The average Bonchev–Trinajstić information content (AvgIpc) is 2.48. The molecule has 110 valence electrons. The molecule has 3 fully saturated rings. The molecule has 3 rings (SSSR count). The lowest BCUT2D eigenvalue weighted by atomic mass is 9.82. The highest BCUT2D eigenvalue weighted by atomic mass is 16.3. The second-order valence-electron chi connectivity index (χ2n) is 7.15. The van der Waals surface area contributed by atoms with Crippen LogP contribution >= 0.6 is 0 Å². The van der Waals surface area contributed by atoms with Gasteiger partial charge < -0.3 is 14.9 Å². The molecule has 3 aliphatic heterocycles. The maximum Gasteiger partial charge on any atom is 0.111 e. The van der Waals surface area contributed by atoms with Crippen molar-refractivity contribution < 1.29 is 14.9 Å². The number of rotatable bonds is 3. The molecule has 3 aliphatic rings. The SMILES string of the molecule is OC[C@@H]1CCCC[NH+]1C[C@@H]1CCC[NH+]2CCCC[C@H]12. The van der Waals surface area contributed by atoms with E-state index in [0.717, 1.165) is 12.0 Å². The zero-order valence-electron chi connectivity index (χ0n) is 12.4. The zero-order chi connectivity index (χ0) is 13.1. The Bertz CT molecular complexity index is 282. The summed E-state index contributed by atoms with van der Waals surface area (Å²) in [6.45, 7) is 5.92. The van der Waals surface area contributed by atoms with Gasteiger partial charge in [-0.3, -0.25) is 0 Å². The molecule has 19 heavy (non-hydrogen) atoms. The molecule has 0 radical (unpaired) electrons. The zero-order valence-corrected chi connectivity index (χ0v) is 12.4. The third-order valence-corrected chi connectivity index (χ3v) is 6.05. The molecule has 0 aromatic heterocycles. The minimum Gasteiger partial charge on any atom is -0.390 e. The van der Waals surface area contributed by atoms with Crippen molar-refractivity contribution in [1.82, 2.24) is 0 Å². The Morgan fingerprint density at radius 1 is 0.842 bits per heavy atom. The van der Waals surface area contributed by atoms with Crippen molar-refractivity contribution in [2.45, 2.75) is 63.5 Å². The van der Waals surface area contributed by atoms with Crippen molar-refractivity contribution in [2.24, 2.45) is 5.92 Å². The molecule has 0 spiro atoms. The molecule has 0 saturated carbocycles. The quantitative estimate of drug-likeness (QED) is 0.619. The van der Waals surface area contributed by atoms with Crippen molar-refractivity contribution in [3.63, 3.8) is 0 Å². The normalized spacial score (nSPS) is 43.7. The molecule has 3 N–H and O–H groups in total. The van der Waals surface area contributed by atoms with E-state index in [1.807, 2.05) is 4.90 Å². The summed E-state index contributed by atoms with van der Waals surface area (Å²) in [5.41, 5.74) is 0. The summed E-state index contributed by atoms with van der Waals surface area (Å²) >= 11 is 0. The molecule has 0 aromatic carbocycles. The first-order valence-corrected chi connectivity index (χ1v) is 8.68. The maximum absolute atomic E-state index is 9.60. The third-order valence-electron chi connectivity index (χ3n) is 6.05. The Hall–Kier alpha value is -0.120. The first-order valence-electron chi connectivity index (χ1n) is 8.68. The number of aliphatic hydroxyl groups is 1. The van der Waals surface area contributed by atoms with E-state index in [-0.39, 0.29) is 0 Å². The Labute approximate surface area is 118 Å². The van der Waals surface area contributed by atoms with Gasteiger partial charge in [0.1, 0.15) is 6.04 Å². The van der Waals surface area contributed by atoms with Crippen LogP contribution in [0, 0.1) is 5.92 Å². The van der Waals surface area contributed by atoms with Crippen molar-refractivity contribution in [2.75, 3.05) is 32.8 Å². The van der Waals surface area contributed by atoms with Crippen molar-refractivity contribution in [1.29, 1.82) is 0 Å². The Morgan fingerprint density at radius 3 is 2.53 bits per heavy atom. The van der Waals surface area contributed by atoms with E-state index >= 15 is 0 Å². The lowest BCUT2D eigenvalue weighted by molar-refractivity contribution is -0.962. The highest BCUT2D eigenvalue weighted by molar-refractivity contribution is 4.76. The minimum atomic E-state index is 0.406. The average molecular weight is 268 g/mol. The van der Waals surface area contributed by atoms with E-state index < -0.39 is 0 Å². The summed E-state index contributed by atoms with van der Waals surface area (Å²) in [5.74, 6) is 0.936. The van der Waals surface area contributed by atoms with E-state index in [2.05, 4.69) is 0 Å². The highest BCUT2D eigenvalue weighted by Crippen LogP contribution is 2.19. The topological polar surface area (TPSA) is 29.1 Å². The third kappa shape index (κ3) is 3.14. The molecular formula is C16H32N2O+2. The fourth-order valence-electron chi connectivity index (χ4n) is 5.00. The second-order valence-corrected chi connectivity index (χ2v) is 7.15. The van der Waals surface area contributed by atoms with Crippen LogP contribution in [-0.2, 0) is 0 Å². The van der Waals surface area contributed by atoms with Crippen LogP contribution in [-0.4, -0.2) is 50.0 Å². The standard InChI is InChI=1S/C16H30N2O/c19-13-15-7-1-3-10-18(15)12-14-6-5-11-17-9-4-2-8-16(14)17/h14-16,19H,1-13H2/p+2/t14-,15-,16+/m0/s1. The molecule has 3 nitrogen and oxygen atoms in total. The van der Waals surface area contributed by atoms with Gasteiger partial charge in [0.25, 0.3) is 0 Å². The Balaban J connectivity index is 1.60. The van der Waals surface area contributed by atoms with Gasteiger partial charge in [0, 0.05) is 12.8 Å². The molecule has 3 heteroatoms. The van der Waals surface area contributed by atoms with Gasteiger partial charge in [-0.1, -0.05) is 0 Å². The van der Waals surface area contributed by atoms with Gasteiger partial charge in [0.15, 0.2) is 0 Å².